The lowest BCUT2D eigenvalue weighted by molar-refractivity contribution is 0.0697. The number of hydrogen-bond donors (Lipinski definition) is 1. The molecule has 0 spiro atoms. The van der Waals surface area contributed by atoms with E-state index in [0.717, 1.165) is 6.07 Å². The monoisotopic (exact) mass is 274 g/mol. The highest BCUT2D eigenvalue weighted by Gasteiger charge is 2.13. The van der Waals surface area contributed by atoms with Crippen LogP contribution in [0, 0.1) is 11.6 Å². The summed E-state index contributed by atoms with van der Waals surface area (Å²) in [5, 5.41) is 8.90. The summed E-state index contributed by atoms with van der Waals surface area (Å²) in [5.41, 5.74) is 1.01. The first kappa shape index (κ1) is 12.3. The average molecular weight is 274 g/mol. The van der Waals surface area contributed by atoms with Gasteiger partial charge in [0.2, 0.25) is 0 Å². The zero-order valence-electron chi connectivity index (χ0n) is 10.0. The molecule has 0 bridgehead atoms. The molecule has 0 amide bonds. The highest BCUT2D eigenvalue weighted by atomic mass is 19.2. The van der Waals surface area contributed by atoms with Gasteiger partial charge in [0, 0.05) is 0 Å². The molecular formula is C14H8F2N2O2. The summed E-state index contributed by atoms with van der Waals surface area (Å²) in [4.78, 5) is 14.9. The van der Waals surface area contributed by atoms with Gasteiger partial charge in [-0.05, 0) is 30.3 Å². The van der Waals surface area contributed by atoms with Gasteiger partial charge in [-0.2, -0.15) is 0 Å². The van der Waals surface area contributed by atoms with Gasteiger partial charge < -0.3 is 5.11 Å². The molecule has 0 saturated heterocycles. The lowest BCUT2D eigenvalue weighted by atomic mass is 10.2. The quantitative estimate of drug-likeness (QED) is 0.781. The third-order valence-corrected chi connectivity index (χ3v) is 2.98. The molecule has 6 heteroatoms. The van der Waals surface area contributed by atoms with Crippen molar-refractivity contribution >= 4 is 17.0 Å². The second-order valence-electron chi connectivity index (χ2n) is 4.20. The molecule has 0 atom stereocenters. The number of fused-ring (bicyclic) bond motifs is 1. The molecule has 3 aromatic rings. The van der Waals surface area contributed by atoms with Crippen LogP contribution in [-0.4, -0.2) is 20.6 Å². The second kappa shape index (κ2) is 4.41. The van der Waals surface area contributed by atoms with E-state index in [1.807, 2.05) is 0 Å². The molecule has 1 heterocycles. The topological polar surface area (TPSA) is 55.1 Å². The standard InChI is InChI=1S/C14H8F2N2O2/c15-9-2-1-3-12(13(9)16)18-7-17-10-6-8(14(19)20)4-5-11(10)18/h1-7H,(H,19,20). The van der Waals surface area contributed by atoms with Crippen molar-refractivity contribution in [2.75, 3.05) is 0 Å². The maximum absolute atomic E-state index is 13.8. The van der Waals surface area contributed by atoms with Gasteiger partial charge in [-0.1, -0.05) is 6.07 Å². The van der Waals surface area contributed by atoms with E-state index in [9.17, 15) is 13.6 Å². The van der Waals surface area contributed by atoms with Crippen molar-refractivity contribution in [3.8, 4) is 5.69 Å². The minimum Gasteiger partial charge on any atom is -0.478 e. The smallest absolute Gasteiger partial charge is 0.335 e. The van der Waals surface area contributed by atoms with Crippen molar-refractivity contribution < 1.29 is 18.7 Å². The predicted octanol–water partition coefficient (Wildman–Crippen LogP) is 3.00. The van der Waals surface area contributed by atoms with Gasteiger partial charge in [0.15, 0.2) is 11.6 Å². The first-order valence-corrected chi connectivity index (χ1v) is 5.72. The summed E-state index contributed by atoms with van der Waals surface area (Å²) in [6.45, 7) is 0. The van der Waals surface area contributed by atoms with Crippen molar-refractivity contribution in [3.63, 3.8) is 0 Å². The Morgan fingerprint density at radius 1 is 1.20 bits per heavy atom. The Bertz CT molecular complexity index is 827. The number of nitrogens with zero attached hydrogens (tertiary/aromatic N) is 2. The van der Waals surface area contributed by atoms with Crippen LogP contribution in [0.1, 0.15) is 10.4 Å². The maximum Gasteiger partial charge on any atom is 0.335 e. The molecule has 100 valence electrons. The van der Waals surface area contributed by atoms with E-state index in [-0.39, 0.29) is 11.3 Å². The van der Waals surface area contributed by atoms with Gasteiger partial charge in [0.25, 0.3) is 0 Å². The Morgan fingerprint density at radius 2 is 2.00 bits per heavy atom. The van der Waals surface area contributed by atoms with Crippen LogP contribution in [0.5, 0.6) is 0 Å². The fourth-order valence-corrected chi connectivity index (χ4v) is 2.02. The largest absolute Gasteiger partial charge is 0.478 e. The molecular weight excluding hydrogens is 266 g/mol. The molecule has 1 N–H and O–H groups in total. The summed E-state index contributed by atoms with van der Waals surface area (Å²) in [6.07, 6.45) is 1.33. The van der Waals surface area contributed by atoms with Gasteiger partial charge in [0.1, 0.15) is 6.33 Å². The van der Waals surface area contributed by atoms with Gasteiger partial charge in [-0.3, -0.25) is 4.57 Å². The van der Waals surface area contributed by atoms with Crippen LogP contribution in [0.25, 0.3) is 16.7 Å². The minimum absolute atomic E-state index is 0.0237. The molecule has 1 aromatic heterocycles. The zero-order chi connectivity index (χ0) is 14.3. The van der Waals surface area contributed by atoms with E-state index in [4.69, 9.17) is 5.11 Å². The van der Waals surface area contributed by atoms with Crippen LogP contribution in [0.4, 0.5) is 8.78 Å². The third kappa shape index (κ3) is 1.82. The van der Waals surface area contributed by atoms with Crippen molar-refractivity contribution in [3.05, 3.63) is 59.9 Å². The normalized spacial score (nSPS) is 10.9. The van der Waals surface area contributed by atoms with E-state index >= 15 is 0 Å². The van der Waals surface area contributed by atoms with E-state index in [2.05, 4.69) is 4.98 Å². The van der Waals surface area contributed by atoms with Crippen LogP contribution < -0.4 is 0 Å². The molecule has 0 aliphatic carbocycles. The summed E-state index contributed by atoms with van der Waals surface area (Å²) >= 11 is 0. The third-order valence-electron chi connectivity index (χ3n) is 2.98. The van der Waals surface area contributed by atoms with Crippen molar-refractivity contribution in [2.45, 2.75) is 0 Å². The number of benzene rings is 2. The van der Waals surface area contributed by atoms with Crippen LogP contribution in [0.15, 0.2) is 42.7 Å². The summed E-state index contributed by atoms with van der Waals surface area (Å²) < 4.78 is 28.4. The van der Waals surface area contributed by atoms with Gasteiger partial charge >= 0.3 is 5.97 Å². The number of rotatable bonds is 2. The molecule has 4 nitrogen and oxygen atoms in total. The number of aromatic nitrogens is 2. The first-order chi connectivity index (χ1) is 9.58. The number of carboxylic acids is 1. The molecule has 0 fully saturated rings. The van der Waals surface area contributed by atoms with Crippen LogP contribution >= 0.6 is 0 Å². The molecule has 3 rings (SSSR count). The number of carbonyl (C=O) groups is 1. The van der Waals surface area contributed by atoms with Crippen LogP contribution in [0.2, 0.25) is 0 Å². The fourth-order valence-electron chi connectivity index (χ4n) is 2.02. The average Bonchev–Trinajstić information content (AvgIpc) is 2.84. The van der Waals surface area contributed by atoms with Crippen molar-refractivity contribution in [1.82, 2.24) is 9.55 Å². The molecule has 0 radical (unpaired) electrons. The number of imidazole rings is 1. The SMILES string of the molecule is O=C(O)c1ccc2c(c1)ncn2-c1cccc(F)c1F. The fraction of sp³-hybridized carbons (Fsp3) is 0. The van der Waals surface area contributed by atoms with E-state index < -0.39 is 17.6 Å². The summed E-state index contributed by atoms with van der Waals surface area (Å²) in [5.74, 6) is -3.00. The Balaban J connectivity index is 2.23. The maximum atomic E-state index is 13.8. The predicted molar refractivity (Wildman–Crippen MR) is 67.9 cm³/mol. The summed E-state index contributed by atoms with van der Waals surface area (Å²) in [6, 6.07) is 8.12. The molecule has 0 aliphatic rings. The molecule has 0 saturated carbocycles. The highest BCUT2D eigenvalue weighted by Crippen LogP contribution is 2.22. The molecule has 0 unspecified atom stereocenters. The molecule has 20 heavy (non-hydrogen) atoms. The van der Waals surface area contributed by atoms with E-state index in [0.29, 0.717) is 11.0 Å². The highest BCUT2D eigenvalue weighted by molar-refractivity contribution is 5.92. The Hall–Kier alpha value is -2.76. The minimum atomic E-state index is -1.07. The number of aromatic carboxylic acids is 1. The van der Waals surface area contributed by atoms with E-state index in [1.165, 1.54) is 41.2 Å². The van der Waals surface area contributed by atoms with E-state index in [1.54, 1.807) is 0 Å². The zero-order valence-corrected chi connectivity index (χ0v) is 10.0. The first-order valence-electron chi connectivity index (χ1n) is 5.72. The molecule has 0 aliphatic heterocycles. The second-order valence-corrected chi connectivity index (χ2v) is 4.20. The summed E-state index contributed by atoms with van der Waals surface area (Å²) in [7, 11) is 0. The Kier molecular flexibility index (Phi) is 2.71. The lowest BCUT2D eigenvalue weighted by Gasteiger charge is -2.06. The van der Waals surface area contributed by atoms with Crippen LogP contribution in [0.3, 0.4) is 0 Å². The van der Waals surface area contributed by atoms with Crippen molar-refractivity contribution in [1.29, 1.82) is 0 Å². The van der Waals surface area contributed by atoms with Gasteiger partial charge in [0.05, 0.1) is 22.3 Å². The van der Waals surface area contributed by atoms with Crippen molar-refractivity contribution in [2.24, 2.45) is 0 Å². The Morgan fingerprint density at radius 3 is 2.75 bits per heavy atom. The molecule has 2 aromatic carbocycles. The number of carboxylic acid groups (broad SMARTS) is 1. The van der Waals surface area contributed by atoms with Gasteiger partial charge in [-0.25, -0.2) is 18.6 Å². The number of halogens is 2. The number of hydrogen-bond acceptors (Lipinski definition) is 2. The van der Waals surface area contributed by atoms with Gasteiger partial charge in [-0.15, -0.1) is 0 Å². The lowest BCUT2D eigenvalue weighted by Crippen LogP contribution is -1.99. The van der Waals surface area contributed by atoms with Crippen LogP contribution in [-0.2, 0) is 0 Å². The Labute approximate surface area is 111 Å².